The van der Waals surface area contributed by atoms with Crippen molar-refractivity contribution in [3.8, 4) is 0 Å². The molecule has 1 aromatic rings. The van der Waals surface area contributed by atoms with Crippen LogP contribution in [0, 0.1) is 5.92 Å². The van der Waals surface area contributed by atoms with Gasteiger partial charge in [-0.2, -0.15) is 0 Å². The van der Waals surface area contributed by atoms with E-state index in [1.807, 2.05) is 36.9 Å². The first-order valence-electron chi connectivity index (χ1n) is 9.00. The number of halogens is 1. The number of pyridine rings is 1. The molecule has 2 amide bonds. The lowest BCUT2D eigenvalue weighted by Crippen LogP contribution is -2.50. The van der Waals surface area contributed by atoms with Crippen LogP contribution in [0.15, 0.2) is 24.4 Å². The molecule has 0 radical (unpaired) electrons. The number of nitrogens with zero attached hydrogens (tertiary/aromatic N) is 3. The van der Waals surface area contributed by atoms with Crippen LogP contribution in [0.25, 0.3) is 0 Å². The number of carbonyl (C=O) groups excluding carboxylic acids is 2. The van der Waals surface area contributed by atoms with Crippen LogP contribution in [0.5, 0.6) is 0 Å². The number of anilines is 1. The van der Waals surface area contributed by atoms with E-state index in [2.05, 4.69) is 15.2 Å². The lowest BCUT2D eigenvalue weighted by Gasteiger charge is -2.35. The molecule has 1 aliphatic heterocycles. The lowest BCUT2D eigenvalue weighted by atomic mass is 9.99. The van der Waals surface area contributed by atoms with Crippen molar-refractivity contribution in [3.63, 3.8) is 0 Å². The van der Waals surface area contributed by atoms with Crippen LogP contribution < -0.4 is 16.0 Å². The minimum Gasteiger partial charge on any atom is -0.354 e. The Balaban J connectivity index is 0.00000338. The van der Waals surface area contributed by atoms with E-state index in [1.165, 1.54) is 0 Å². The first-order chi connectivity index (χ1) is 12.0. The van der Waals surface area contributed by atoms with E-state index in [0.717, 1.165) is 25.3 Å². The van der Waals surface area contributed by atoms with Crippen molar-refractivity contribution in [3.05, 3.63) is 24.4 Å². The maximum Gasteiger partial charge on any atom is 0.237 e. The molecule has 26 heavy (non-hydrogen) atoms. The zero-order valence-corrected chi connectivity index (χ0v) is 16.4. The number of piperazine rings is 1. The van der Waals surface area contributed by atoms with E-state index in [1.54, 1.807) is 6.20 Å². The highest BCUT2D eigenvalue weighted by molar-refractivity contribution is 5.85. The van der Waals surface area contributed by atoms with Crippen LogP contribution in [0.4, 0.5) is 5.82 Å². The molecule has 2 unspecified atom stereocenters. The molecule has 8 heteroatoms. The highest BCUT2D eigenvalue weighted by atomic mass is 35.5. The zero-order valence-electron chi connectivity index (χ0n) is 15.6. The maximum absolute atomic E-state index is 12.3. The quantitative estimate of drug-likeness (QED) is 0.733. The molecule has 0 spiro atoms. The van der Waals surface area contributed by atoms with Crippen molar-refractivity contribution < 1.29 is 9.59 Å². The van der Waals surface area contributed by atoms with Gasteiger partial charge in [-0.25, -0.2) is 4.98 Å². The fourth-order valence-corrected chi connectivity index (χ4v) is 2.81. The van der Waals surface area contributed by atoms with Gasteiger partial charge in [0.05, 0.1) is 6.04 Å². The summed E-state index contributed by atoms with van der Waals surface area (Å²) in [7, 11) is 0. The zero-order chi connectivity index (χ0) is 18.2. The predicted octanol–water partition coefficient (Wildman–Crippen LogP) is 1.03. The van der Waals surface area contributed by atoms with Crippen molar-refractivity contribution in [2.45, 2.75) is 32.7 Å². The fraction of sp³-hybridized carbons (Fsp3) is 0.611. The van der Waals surface area contributed by atoms with E-state index >= 15 is 0 Å². The summed E-state index contributed by atoms with van der Waals surface area (Å²) in [5.41, 5.74) is 5.88. The van der Waals surface area contributed by atoms with Gasteiger partial charge in [-0.1, -0.05) is 26.3 Å². The summed E-state index contributed by atoms with van der Waals surface area (Å²) in [4.78, 5) is 32.6. The van der Waals surface area contributed by atoms with Gasteiger partial charge in [0.2, 0.25) is 11.8 Å². The second-order valence-corrected chi connectivity index (χ2v) is 6.51. The van der Waals surface area contributed by atoms with Crippen molar-refractivity contribution >= 4 is 30.0 Å². The van der Waals surface area contributed by atoms with Gasteiger partial charge in [-0.3, -0.25) is 9.59 Å². The average Bonchev–Trinajstić information content (AvgIpc) is 2.67. The first-order valence-corrected chi connectivity index (χ1v) is 9.00. The molecule has 1 aliphatic rings. The molecular weight excluding hydrogens is 354 g/mol. The fourth-order valence-electron chi connectivity index (χ4n) is 2.81. The van der Waals surface area contributed by atoms with Gasteiger partial charge in [0.1, 0.15) is 5.82 Å². The number of carbonyl (C=O) groups is 2. The second-order valence-electron chi connectivity index (χ2n) is 6.51. The van der Waals surface area contributed by atoms with Crippen LogP contribution in [-0.2, 0) is 9.59 Å². The monoisotopic (exact) mass is 383 g/mol. The Morgan fingerprint density at radius 3 is 2.54 bits per heavy atom. The Labute approximate surface area is 161 Å². The molecule has 1 aromatic heterocycles. The van der Waals surface area contributed by atoms with Crippen molar-refractivity contribution in [2.24, 2.45) is 11.7 Å². The third-order valence-corrected chi connectivity index (χ3v) is 4.80. The van der Waals surface area contributed by atoms with Crippen LogP contribution in [0.2, 0.25) is 0 Å². The Morgan fingerprint density at radius 1 is 1.27 bits per heavy atom. The van der Waals surface area contributed by atoms with Crippen molar-refractivity contribution in [1.82, 2.24) is 15.2 Å². The van der Waals surface area contributed by atoms with E-state index < -0.39 is 6.04 Å². The second kappa shape index (κ2) is 11.0. The number of nitrogens with one attached hydrogen (secondary N) is 1. The maximum atomic E-state index is 12.3. The molecule has 146 valence electrons. The van der Waals surface area contributed by atoms with E-state index in [9.17, 15) is 9.59 Å². The summed E-state index contributed by atoms with van der Waals surface area (Å²) in [6.45, 7) is 7.19. The van der Waals surface area contributed by atoms with Crippen molar-refractivity contribution in [1.29, 1.82) is 0 Å². The van der Waals surface area contributed by atoms with E-state index in [-0.39, 0.29) is 30.1 Å². The standard InChI is InChI=1S/C18H29N5O2.ClH/c1-3-14(2)17(19)18(25)21-9-7-16(24)23-12-10-22(11-13-23)15-6-4-5-8-20-15;/h4-6,8,14,17H,3,7,9-13,19H2,1-2H3,(H,21,25);1H. The molecule has 2 heterocycles. The SMILES string of the molecule is CCC(C)C(N)C(=O)NCCC(=O)N1CCN(c2ccccn2)CC1.Cl. The molecule has 2 atom stereocenters. The molecule has 7 nitrogen and oxygen atoms in total. The number of hydrogen-bond donors (Lipinski definition) is 2. The third-order valence-electron chi connectivity index (χ3n) is 4.80. The van der Waals surface area contributed by atoms with Crippen LogP contribution in [0.3, 0.4) is 0 Å². The molecule has 3 N–H and O–H groups in total. The largest absolute Gasteiger partial charge is 0.354 e. The van der Waals surface area contributed by atoms with Gasteiger partial charge in [0, 0.05) is 45.3 Å². The van der Waals surface area contributed by atoms with Gasteiger partial charge >= 0.3 is 0 Å². The lowest BCUT2D eigenvalue weighted by molar-refractivity contribution is -0.131. The van der Waals surface area contributed by atoms with Gasteiger partial charge in [-0.15, -0.1) is 12.4 Å². The van der Waals surface area contributed by atoms with E-state index in [0.29, 0.717) is 26.1 Å². The molecule has 1 fully saturated rings. The summed E-state index contributed by atoms with van der Waals surface area (Å²) < 4.78 is 0. The molecule has 0 aromatic carbocycles. The minimum absolute atomic E-state index is 0. The first kappa shape index (κ1) is 22.2. The molecule has 2 rings (SSSR count). The van der Waals surface area contributed by atoms with Crippen LogP contribution >= 0.6 is 12.4 Å². The highest BCUT2D eigenvalue weighted by Gasteiger charge is 2.22. The molecular formula is C18H30ClN5O2. The highest BCUT2D eigenvalue weighted by Crippen LogP contribution is 2.13. The number of aromatic nitrogens is 1. The molecule has 0 aliphatic carbocycles. The summed E-state index contributed by atoms with van der Waals surface area (Å²) in [5.74, 6) is 0.969. The summed E-state index contributed by atoms with van der Waals surface area (Å²) in [5, 5.41) is 2.77. The van der Waals surface area contributed by atoms with Gasteiger partial charge in [0.15, 0.2) is 0 Å². The third kappa shape index (κ3) is 6.14. The Bertz CT molecular complexity index is 564. The van der Waals surface area contributed by atoms with Gasteiger partial charge < -0.3 is 20.9 Å². The summed E-state index contributed by atoms with van der Waals surface area (Å²) >= 11 is 0. The normalized spacial score (nSPS) is 16.4. The minimum atomic E-state index is -0.512. The predicted molar refractivity (Wildman–Crippen MR) is 105 cm³/mol. The summed E-state index contributed by atoms with van der Waals surface area (Å²) in [6, 6.07) is 5.33. The number of rotatable bonds is 7. The molecule has 0 saturated carbocycles. The number of hydrogen-bond acceptors (Lipinski definition) is 5. The van der Waals surface area contributed by atoms with E-state index in [4.69, 9.17) is 5.73 Å². The molecule has 0 bridgehead atoms. The van der Waals surface area contributed by atoms with Crippen LogP contribution in [0.1, 0.15) is 26.7 Å². The Kier molecular flexibility index (Phi) is 9.37. The van der Waals surface area contributed by atoms with Crippen molar-refractivity contribution in [2.75, 3.05) is 37.6 Å². The van der Waals surface area contributed by atoms with Gasteiger partial charge in [-0.05, 0) is 18.1 Å². The smallest absolute Gasteiger partial charge is 0.237 e. The molecule has 1 saturated heterocycles. The number of amides is 2. The number of nitrogens with two attached hydrogens (primary N) is 1. The van der Waals surface area contributed by atoms with Gasteiger partial charge in [0.25, 0.3) is 0 Å². The topological polar surface area (TPSA) is 91.6 Å². The average molecular weight is 384 g/mol. The van der Waals surface area contributed by atoms with Crippen LogP contribution in [-0.4, -0.2) is 60.5 Å². The summed E-state index contributed by atoms with van der Waals surface area (Å²) in [6.07, 6.45) is 2.94. The Hall–Kier alpha value is -1.86. The Morgan fingerprint density at radius 2 is 1.96 bits per heavy atom.